The summed E-state index contributed by atoms with van der Waals surface area (Å²) in [4.78, 5) is 2.12. The maximum atomic E-state index is 6.49. The number of benzene rings is 2. The van der Waals surface area contributed by atoms with E-state index in [-0.39, 0.29) is 12.1 Å². The minimum Gasteiger partial charge on any atom is -0.495 e. The minimum absolute atomic E-state index is 0.00343. The van der Waals surface area contributed by atoms with Crippen LogP contribution in [0.5, 0.6) is 5.75 Å². The zero-order chi connectivity index (χ0) is 15.9. The third-order valence-electron chi connectivity index (χ3n) is 3.90. The van der Waals surface area contributed by atoms with E-state index >= 15 is 0 Å². The predicted molar refractivity (Wildman–Crippen MR) is 90.4 cm³/mol. The molecule has 4 heteroatoms. The molecule has 0 bridgehead atoms. The number of hydrogen-bond acceptors (Lipinski definition) is 4. The normalized spacial score (nSPS) is 13.5. The van der Waals surface area contributed by atoms with Crippen molar-refractivity contribution in [2.24, 2.45) is 5.73 Å². The zero-order valence-electron chi connectivity index (χ0n) is 13.4. The van der Waals surface area contributed by atoms with Gasteiger partial charge in [0.15, 0.2) is 0 Å². The number of nitrogens with zero attached hydrogens (tertiary/aromatic N) is 1. The lowest BCUT2D eigenvalue weighted by atomic mass is 9.99. The van der Waals surface area contributed by atoms with Crippen LogP contribution in [-0.4, -0.2) is 33.9 Å². The highest BCUT2D eigenvalue weighted by molar-refractivity contribution is 5.59. The first-order valence-electron chi connectivity index (χ1n) is 7.34. The Morgan fingerprint density at radius 2 is 1.64 bits per heavy atom. The molecule has 0 radical (unpaired) electrons. The van der Waals surface area contributed by atoms with E-state index in [1.54, 1.807) is 14.2 Å². The number of ether oxygens (including phenoxy) is 2. The third-order valence-corrected chi connectivity index (χ3v) is 3.90. The van der Waals surface area contributed by atoms with E-state index in [1.165, 1.54) is 0 Å². The van der Waals surface area contributed by atoms with E-state index in [4.69, 9.17) is 15.2 Å². The van der Waals surface area contributed by atoms with Crippen molar-refractivity contribution in [2.75, 3.05) is 32.8 Å². The van der Waals surface area contributed by atoms with Gasteiger partial charge in [-0.15, -0.1) is 0 Å². The molecule has 22 heavy (non-hydrogen) atoms. The fourth-order valence-corrected chi connectivity index (χ4v) is 2.62. The standard InChI is InChI=1S/C18H24N2O2/c1-20(15-11-7-8-12-17(15)22-3)16(13-21-2)18(19)14-9-5-4-6-10-14/h4-12,16,18H,13,19H2,1-3H3. The Bertz CT molecular complexity index is 574. The third kappa shape index (κ3) is 3.59. The molecule has 0 saturated carbocycles. The fourth-order valence-electron chi connectivity index (χ4n) is 2.62. The second-order valence-electron chi connectivity index (χ2n) is 5.24. The van der Waals surface area contributed by atoms with Crippen LogP contribution in [0.25, 0.3) is 0 Å². The van der Waals surface area contributed by atoms with Gasteiger partial charge in [-0.05, 0) is 17.7 Å². The van der Waals surface area contributed by atoms with Crippen molar-refractivity contribution < 1.29 is 9.47 Å². The molecule has 2 atom stereocenters. The molecule has 2 N–H and O–H groups in total. The Balaban J connectivity index is 2.30. The van der Waals surface area contributed by atoms with E-state index in [9.17, 15) is 0 Å². The molecule has 2 rings (SSSR count). The summed E-state index contributed by atoms with van der Waals surface area (Å²) in [5, 5.41) is 0. The largest absolute Gasteiger partial charge is 0.495 e. The molecule has 0 amide bonds. The summed E-state index contributed by atoms with van der Waals surface area (Å²) in [6.45, 7) is 0.532. The molecular weight excluding hydrogens is 276 g/mol. The quantitative estimate of drug-likeness (QED) is 0.854. The second kappa shape index (κ2) is 7.82. The van der Waals surface area contributed by atoms with Crippen LogP contribution in [0, 0.1) is 0 Å². The first-order valence-corrected chi connectivity index (χ1v) is 7.34. The fraction of sp³-hybridized carbons (Fsp3) is 0.333. The van der Waals surface area contributed by atoms with E-state index in [0.717, 1.165) is 17.0 Å². The van der Waals surface area contributed by atoms with Crippen LogP contribution >= 0.6 is 0 Å². The van der Waals surface area contributed by atoms with Crippen LogP contribution in [0.1, 0.15) is 11.6 Å². The Hall–Kier alpha value is -2.04. The van der Waals surface area contributed by atoms with Crippen molar-refractivity contribution in [3.8, 4) is 5.75 Å². The highest BCUT2D eigenvalue weighted by atomic mass is 16.5. The summed E-state index contributed by atoms with van der Waals surface area (Å²) in [6, 6.07) is 17.9. The van der Waals surface area contributed by atoms with Gasteiger partial charge in [-0.3, -0.25) is 0 Å². The summed E-state index contributed by atoms with van der Waals surface area (Å²) in [5.41, 5.74) is 8.58. The number of anilines is 1. The van der Waals surface area contributed by atoms with Gasteiger partial charge in [-0.25, -0.2) is 0 Å². The zero-order valence-corrected chi connectivity index (χ0v) is 13.4. The maximum absolute atomic E-state index is 6.49. The molecule has 0 aliphatic carbocycles. The summed E-state index contributed by atoms with van der Waals surface area (Å²) >= 11 is 0. The molecule has 0 saturated heterocycles. The topological polar surface area (TPSA) is 47.7 Å². The van der Waals surface area contributed by atoms with Crippen molar-refractivity contribution in [3.05, 3.63) is 60.2 Å². The van der Waals surface area contributed by atoms with Crippen LogP contribution in [0.3, 0.4) is 0 Å². The summed E-state index contributed by atoms with van der Waals surface area (Å²) in [5.74, 6) is 0.825. The van der Waals surface area contributed by atoms with Crippen molar-refractivity contribution in [3.63, 3.8) is 0 Å². The van der Waals surface area contributed by atoms with Gasteiger partial charge in [0, 0.05) is 14.2 Å². The molecule has 0 aliphatic rings. The van der Waals surface area contributed by atoms with Gasteiger partial charge in [0.05, 0.1) is 31.5 Å². The summed E-state index contributed by atoms with van der Waals surface area (Å²) in [6.07, 6.45) is 0. The Morgan fingerprint density at radius 1 is 1.00 bits per heavy atom. The van der Waals surface area contributed by atoms with Crippen LogP contribution < -0.4 is 15.4 Å². The minimum atomic E-state index is -0.156. The molecular formula is C18H24N2O2. The van der Waals surface area contributed by atoms with Crippen LogP contribution in [0.15, 0.2) is 54.6 Å². The lowest BCUT2D eigenvalue weighted by Gasteiger charge is -2.34. The molecule has 0 aliphatic heterocycles. The first-order chi connectivity index (χ1) is 10.7. The molecule has 0 aromatic heterocycles. The van der Waals surface area contributed by atoms with Crippen molar-refractivity contribution in [2.45, 2.75) is 12.1 Å². The van der Waals surface area contributed by atoms with Crippen molar-refractivity contribution in [1.82, 2.24) is 0 Å². The van der Waals surface area contributed by atoms with Crippen LogP contribution in [0.2, 0.25) is 0 Å². The van der Waals surface area contributed by atoms with E-state index in [0.29, 0.717) is 6.61 Å². The van der Waals surface area contributed by atoms with Gasteiger partial charge in [0.2, 0.25) is 0 Å². The van der Waals surface area contributed by atoms with Crippen molar-refractivity contribution in [1.29, 1.82) is 0 Å². The average molecular weight is 300 g/mol. The summed E-state index contributed by atoms with van der Waals surface area (Å²) < 4.78 is 10.9. The average Bonchev–Trinajstić information content (AvgIpc) is 2.59. The smallest absolute Gasteiger partial charge is 0.142 e. The Labute approximate surface area is 132 Å². The molecule has 2 unspecified atom stereocenters. The monoisotopic (exact) mass is 300 g/mol. The van der Waals surface area contributed by atoms with Gasteiger partial charge >= 0.3 is 0 Å². The van der Waals surface area contributed by atoms with E-state index in [1.807, 2.05) is 61.6 Å². The van der Waals surface area contributed by atoms with E-state index < -0.39 is 0 Å². The number of methoxy groups -OCH3 is 2. The SMILES string of the molecule is COCC(C(N)c1ccccc1)N(C)c1ccccc1OC. The number of nitrogens with two attached hydrogens (primary N) is 1. The highest BCUT2D eigenvalue weighted by Crippen LogP contribution is 2.31. The highest BCUT2D eigenvalue weighted by Gasteiger charge is 2.25. The van der Waals surface area contributed by atoms with Gasteiger partial charge in [-0.1, -0.05) is 42.5 Å². The van der Waals surface area contributed by atoms with Gasteiger partial charge < -0.3 is 20.1 Å². The number of para-hydroxylation sites is 2. The van der Waals surface area contributed by atoms with Gasteiger partial charge in [0.25, 0.3) is 0 Å². The predicted octanol–water partition coefficient (Wildman–Crippen LogP) is 2.85. The molecule has 0 spiro atoms. The molecule has 0 heterocycles. The van der Waals surface area contributed by atoms with Gasteiger partial charge in [0.1, 0.15) is 5.75 Å². The number of likely N-dealkylation sites (N-methyl/N-ethyl adjacent to an activating group) is 1. The summed E-state index contributed by atoms with van der Waals surface area (Å²) in [7, 11) is 5.39. The molecule has 0 fully saturated rings. The number of hydrogen-bond donors (Lipinski definition) is 1. The molecule has 2 aromatic rings. The molecule has 118 valence electrons. The van der Waals surface area contributed by atoms with Crippen LogP contribution in [-0.2, 0) is 4.74 Å². The van der Waals surface area contributed by atoms with E-state index in [2.05, 4.69) is 4.90 Å². The Kier molecular flexibility index (Phi) is 5.81. The second-order valence-corrected chi connectivity index (χ2v) is 5.24. The maximum Gasteiger partial charge on any atom is 0.142 e. The first kappa shape index (κ1) is 16.3. The van der Waals surface area contributed by atoms with Crippen LogP contribution in [0.4, 0.5) is 5.69 Å². The molecule has 2 aromatic carbocycles. The lowest BCUT2D eigenvalue weighted by molar-refractivity contribution is 0.168. The molecule has 4 nitrogen and oxygen atoms in total. The lowest BCUT2D eigenvalue weighted by Crippen LogP contribution is -2.44. The Morgan fingerprint density at radius 3 is 2.27 bits per heavy atom. The number of rotatable bonds is 7. The van der Waals surface area contributed by atoms with Gasteiger partial charge in [-0.2, -0.15) is 0 Å². The van der Waals surface area contributed by atoms with Crippen molar-refractivity contribution >= 4 is 5.69 Å².